The molecule has 0 bridgehead atoms. The van der Waals surface area contributed by atoms with Gasteiger partial charge in [-0.2, -0.15) is 13.2 Å². The maximum atomic E-state index is 15.0. The smallest absolute Gasteiger partial charge is 0.419 e. The Morgan fingerprint density at radius 3 is 2.28 bits per heavy atom. The van der Waals surface area contributed by atoms with Gasteiger partial charge in [0, 0.05) is 36.1 Å². The van der Waals surface area contributed by atoms with Crippen LogP contribution in [0, 0.1) is 24.0 Å². The topological polar surface area (TPSA) is 77.6 Å². The minimum absolute atomic E-state index is 0.0282. The third kappa shape index (κ3) is 8.00. The molecule has 0 aliphatic heterocycles. The Kier molecular flexibility index (Phi) is 10.4. The molecule has 0 unspecified atom stereocenters. The summed E-state index contributed by atoms with van der Waals surface area (Å²) in [5, 5.41) is 0. The molecule has 1 aromatic heterocycles. The second kappa shape index (κ2) is 13.9. The van der Waals surface area contributed by atoms with Gasteiger partial charge < -0.3 is 19.9 Å². The lowest BCUT2D eigenvalue weighted by molar-refractivity contribution is -0.189. The van der Waals surface area contributed by atoms with Crippen LogP contribution in [0.1, 0.15) is 60.4 Å². The molecule has 0 aliphatic carbocycles. The van der Waals surface area contributed by atoms with Gasteiger partial charge in [0.25, 0.3) is 5.91 Å². The molecule has 4 rings (SSSR count). The Morgan fingerprint density at radius 2 is 1.65 bits per heavy atom. The maximum Gasteiger partial charge on any atom is 0.491 e. The minimum Gasteiger partial charge on any atom is -0.419 e. The van der Waals surface area contributed by atoms with Gasteiger partial charge in [0.1, 0.15) is 17.4 Å². The van der Waals surface area contributed by atoms with E-state index in [0.29, 0.717) is 29.8 Å². The van der Waals surface area contributed by atoms with Crippen LogP contribution >= 0.6 is 0 Å². The summed E-state index contributed by atoms with van der Waals surface area (Å²) in [6, 6.07) is 17.6. The molecule has 1 amide bonds. The van der Waals surface area contributed by atoms with Gasteiger partial charge in [-0.05, 0) is 72.8 Å². The largest absolute Gasteiger partial charge is 0.491 e. The van der Waals surface area contributed by atoms with E-state index in [0.717, 1.165) is 23.8 Å². The van der Waals surface area contributed by atoms with Crippen molar-refractivity contribution in [3.63, 3.8) is 0 Å². The van der Waals surface area contributed by atoms with Gasteiger partial charge in [0.2, 0.25) is 0 Å². The molecule has 244 valence electrons. The fourth-order valence-electron chi connectivity index (χ4n) is 5.42. The highest BCUT2D eigenvalue weighted by Crippen LogP contribution is 2.42. The number of aromatic nitrogens is 1. The number of carbonyl (C=O) groups excluding carboxylic acids is 2. The van der Waals surface area contributed by atoms with Crippen LogP contribution in [-0.2, 0) is 11.3 Å². The van der Waals surface area contributed by atoms with Crippen molar-refractivity contribution in [1.82, 2.24) is 9.47 Å². The molecule has 0 radical (unpaired) electrons. The first-order valence-corrected chi connectivity index (χ1v) is 14.7. The second-order valence-electron chi connectivity index (χ2n) is 12.2. The van der Waals surface area contributed by atoms with Gasteiger partial charge in [-0.15, -0.1) is 0 Å². The number of benzene rings is 3. The Balaban J connectivity index is 1.91. The predicted octanol–water partition coefficient (Wildman–Crippen LogP) is 7.84. The summed E-state index contributed by atoms with van der Waals surface area (Å²) in [5.41, 5.74) is 7.25. The first-order chi connectivity index (χ1) is 21.6. The van der Waals surface area contributed by atoms with E-state index in [1.54, 1.807) is 19.2 Å². The van der Waals surface area contributed by atoms with E-state index in [1.165, 1.54) is 23.1 Å². The Morgan fingerprint density at radius 1 is 0.957 bits per heavy atom. The summed E-state index contributed by atoms with van der Waals surface area (Å²) in [4.78, 5) is 27.7. The average molecular weight is 642 g/mol. The summed E-state index contributed by atoms with van der Waals surface area (Å²) in [7, 11) is 0. The van der Waals surface area contributed by atoms with Crippen LogP contribution in [0.3, 0.4) is 0 Å². The van der Waals surface area contributed by atoms with Crippen molar-refractivity contribution in [3.05, 3.63) is 113 Å². The van der Waals surface area contributed by atoms with Gasteiger partial charge in [-0.3, -0.25) is 4.79 Å². The quantitative estimate of drug-likeness (QED) is 0.109. The third-order valence-electron chi connectivity index (χ3n) is 7.44. The summed E-state index contributed by atoms with van der Waals surface area (Å²) in [6.07, 6.45) is -3.25. The van der Waals surface area contributed by atoms with E-state index >= 15 is 4.39 Å². The molecule has 4 aromatic rings. The van der Waals surface area contributed by atoms with Gasteiger partial charge in [0.15, 0.2) is 0 Å². The third-order valence-corrected chi connectivity index (χ3v) is 7.44. The molecule has 0 saturated carbocycles. The Bertz CT molecular complexity index is 1690. The van der Waals surface area contributed by atoms with Crippen LogP contribution in [0.2, 0.25) is 0 Å². The molecule has 11 heteroatoms. The fraction of sp³-hybridized carbons (Fsp3) is 0.314. The molecule has 0 fully saturated rings. The van der Waals surface area contributed by atoms with E-state index in [4.69, 9.17) is 10.5 Å². The number of halogens is 5. The second-order valence-corrected chi connectivity index (χ2v) is 12.2. The molecule has 0 spiro atoms. The molecule has 1 heterocycles. The van der Waals surface area contributed by atoms with E-state index in [1.807, 2.05) is 55.7 Å². The van der Waals surface area contributed by atoms with Gasteiger partial charge >= 0.3 is 12.1 Å². The zero-order valence-electron chi connectivity index (χ0n) is 26.0. The molecule has 3 aromatic carbocycles. The zero-order chi connectivity index (χ0) is 33.8. The summed E-state index contributed by atoms with van der Waals surface area (Å²) in [5.74, 6) is -4.93. The highest BCUT2D eigenvalue weighted by atomic mass is 19.4. The number of alkyl halides is 3. The molecular weight excluding hydrogens is 605 g/mol. The van der Waals surface area contributed by atoms with Gasteiger partial charge in [0.05, 0.1) is 11.6 Å². The first kappa shape index (κ1) is 34.4. The lowest BCUT2D eigenvalue weighted by Crippen LogP contribution is -2.43. The number of aryl methyl sites for hydroxylation is 1. The van der Waals surface area contributed by atoms with E-state index < -0.39 is 46.9 Å². The van der Waals surface area contributed by atoms with Gasteiger partial charge in [-0.1, -0.05) is 57.2 Å². The van der Waals surface area contributed by atoms with Crippen molar-refractivity contribution < 1.29 is 36.3 Å². The highest BCUT2D eigenvalue weighted by Gasteiger charge is 2.43. The maximum absolute atomic E-state index is 15.0. The van der Waals surface area contributed by atoms with Crippen LogP contribution in [0.4, 0.5) is 22.0 Å². The molecule has 0 saturated heterocycles. The van der Waals surface area contributed by atoms with Crippen molar-refractivity contribution in [2.75, 3.05) is 13.1 Å². The molecular formula is C35H36F5N3O3. The summed E-state index contributed by atoms with van der Waals surface area (Å²) in [6.45, 7) is 7.88. The number of nitrogens with zero attached hydrogens (tertiary/aromatic N) is 2. The monoisotopic (exact) mass is 641 g/mol. The van der Waals surface area contributed by atoms with Crippen LogP contribution in [0.25, 0.3) is 11.1 Å². The van der Waals surface area contributed by atoms with Crippen LogP contribution in [-0.4, -0.2) is 40.6 Å². The number of amides is 1. The first-order valence-electron chi connectivity index (χ1n) is 14.7. The zero-order valence-corrected chi connectivity index (χ0v) is 26.0. The lowest BCUT2D eigenvalue weighted by Gasteiger charge is -2.41. The van der Waals surface area contributed by atoms with E-state index in [2.05, 4.69) is 0 Å². The summed E-state index contributed by atoms with van der Waals surface area (Å²) >= 11 is 0. The number of hydrogen-bond acceptors (Lipinski definition) is 4. The molecule has 1 atom stereocenters. The van der Waals surface area contributed by atoms with Crippen molar-refractivity contribution in [2.45, 2.75) is 52.9 Å². The average Bonchev–Trinajstić information content (AvgIpc) is 3.37. The van der Waals surface area contributed by atoms with E-state index in [9.17, 15) is 27.2 Å². The molecule has 2 N–H and O–H groups in total. The molecule has 6 nitrogen and oxygen atoms in total. The summed E-state index contributed by atoms with van der Waals surface area (Å²) < 4.78 is 75.4. The van der Waals surface area contributed by atoms with E-state index in [-0.39, 0.29) is 24.2 Å². The van der Waals surface area contributed by atoms with Crippen LogP contribution in [0.5, 0.6) is 5.75 Å². The van der Waals surface area contributed by atoms with Crippen LogP contribution < -0.4 is 10.5 Å². The lowest BCUT2D eigenvalue weighted by atomic mass is 9.82. The number of ether oxygens (including phenoxy) is 1. The highest BCUT2D eigenvalue weighted by molar-refractivity contribution is 5.98. The van der Waals surface area contributed by atoms with Crippen LogP contribution in [0.15, 0.2) is 79.0 Å². The van der Waals surface area contributed by atoms with Crippen molar-refractivity contribution in [3.8, 4) is 16.9 Å². The van der Waals surface area contributed by atoms with Crippen molar-refractivity contribution >= 4 is 11.9 Å². The number of rotatable bonds is 10. The minimum atomic E-state index is -5.28. The number of hydrogen-bond donors (Lipinski definition) is 1. The normalized spacial score (nSPS) is 12.6. The fourth-order valence-corrected chi connectivity index (χ4v) is 5.42. The van der Waals surface area contributed by atoms with Crippen molar-refractivity contribution in [1.29, 1.82) is 0 Å². The van der Waals surface area contributed by atoms with Crippen molar-refractivity contribution in [2.24, 2.45) is 11.1 Å². The molecule has 46 heavy (non-hydrogen) atoms. The number of nitrogens with two attached hydrogens (primary N) is 1. The standard InChI is InChI=1S/C35H36F5N3O3/c1-22-11-13-26(30(17-22)46-33(45)35(38,39)40)32(44)43(16-8-15-41)31(34(2,3)4)29-18-24(27-19-25(36)12-14-28(27)37)21-42(29)20-23-9-6-5-7-10-23/h5-7,9-14,17-19,21,31H,8,15-16,20,41H2,1-4H3/t31-/m0/s1. The van der Waals surface area contributed by atoms with Gasteiger partial charge in [-0.25, -0.2) is 13.6 Å². The Labute approximate surface area is 264 Å². The Hall–Kier alpha value is -4.51. The SMILES string of the molecule is Cc1ccc(C(=O)N(CCCN)[C@@H](c2cc(-c3cc(F)ccc3F)cn2Cc2ccccc2)C(C)(C)C)c(OC(=O)C(F)(F)F)c1. The number of esters is 1. The number of carbonyl (C=O) groups is 2. The molecule has 0 aliphatic rings. The predicted molar refractivity (Wildman–Crippen MR) is 165 cm³/mol.